The van der Waals surface area contributed by atoms with Crippen molar-refractivity contribution in [1.29, 1.82) is 0 Å². The Hall–Kier alpha value is -1.74. The van der Waals surface area contributed by atoms with E-state index in [0.717, 1.165) is 30.3 Å². The molecule has 7 heteroatoms. The number of guanidine groups is 1. The molecule has 3 rings (SSSR count). The van der Waals surface area contributed by atoms with Crippen molar-refractivity contribution in [1.82, 2.24) is 4.90 Å². The highest BCUT2D eigenvalue weighted by Crippen LogP contribution is 2.25. The maximum atomic E-state index is 6.11. The summed E-state index contributed by atoms with van der Waals surface area (Å²) in [4.78, 5) is 7.01. The first-order valence-corrected chi connectivity index (χ1v) is 9.73. The Kier molecular flexibility index (Phi) is 9.11. The fraction of sp³-hybridized carbons (Fsp3) is 0.476. The van der Waals surface area contributed by atoms with Gasteiger partial charge < -0.3 is 20.2 Å². The maximum absolute atomic E-state index is 6.11. The van der Waals surface area contributed by atoms with Gasteiger partial charge in [-0.05, 0) is 76.2 Å². The van der Waals surface area contributed by atoms with Crippen molar-refractivity contribution in [2.45, 2.75) is 45.3 Å². The van der Waals surface area contributed by atoms with Crippen molar-refractivity contribution in [2.75, 3.05) is 25.0 Å². The zero-order chi connectivity index (χ0) is 19.1. The Balaban J connectivity index is 0.00000280. The Morgan fingerprint density at radius 3 is 2.50 bits per heavy atom. The molecule has 3 N–H and O–H groups in total. The van der Waals surface area contributed by atoms with E-state index in [-0.39, 0.29) is 36.1 Å². The van der Waals surface area contributed by atoms with Crippen LogP contribution in [0, 0.1) is 0 Å². The molecule has 0 aliphatic carbocycles. The van der Waals surface area contributed by atoms with Crippen molar-refractivity contribution in [3.63, 3.8) is 0 Å². The number of piperidine rings is 1. The molecule has 0 radical (unpaired) electrons. The molecule has 0 bridgehead atoms. The molecule has 1 aliphatic heterocycles. The van der Waals surface area contributed by atoms with E-state index < -0.39 is 0 Å². The van der Waals surface area contributed by atoms with Gasteiger partial charge >= 0.3 is 0 Å². The monoisotopic (exact) mass is 498 g/mol. The molecule has 1 aliphatic rings. The zero-order valence-corrected chi connectivity index (χ0v) is 19.0. The number of anilines is 1. The van der Waals surface area contributed by atoms with E-state index in [9.17, 15) is 0 Å². The van der Waals surface area contributed by atoms with E-state index in [1.807, 2.05) is 50.2 Å². The summed E-state index contributed by atoms with van der Waals surface area (Å²) in [6.07, 6.45) is 5.62. The Labute approximate surface area is 184 Å². The summed E-state index contributed by atoms with van der Waals surface area (Å²) in [6, 6.07) is 11.8. The average Bonchev–Trinajstić information content (AvgIpc) is 3.18. The highest BCUT2D eigenvalue weighted by atomic mass is 127. The molecule has 1 aromatic carbocycles. The number of likely N-dealkylation sites (tertiary alicyclic amines) is 1. The molecular formula is C21H31IN4O2. The SMILES string of the molecule is CC(C)Oc1ccc(NC(N)=NCC(c2ccco2)N2CCCCC2)cc1.I. The number of nitrogens with two attached hydrogens (primary N) is 1. The predicted molar refractivity (Wildman–Crippen MR) is 125 cm³/mol. The smallest absolute Gasteiger partial charge is 0.193 e. The van der Waals surface area contributed by atoms with Crippen LogP contribution in [0.5, 0.6) is 5.75 Å². The molecule has 28 heavy (non-hydrogen) atoms. The lowest BCUT2D eigenvalue weighted by atomic mass is 10.1. The molecule has 2 heterocycles. The Morgan fingerprint density at radius 2 is 1.89 bits per heavy atom. The van der Waals surface area contributed by atoms with Gasteiger partial charge in [-0.25, -0.2) is 0 Å². The molecule has 1 unspecified atom stereocenters. The zero-order valence-electron chi connectivity index (χ0n) is 16.6. The molecule has 1 fully saturated rings. The number of rotatable bonds is 7. The van der Waals surface area contributed by atoms with Gasteiger partial charge in [0.15, 0.2) is 5.96 Å². The first-order valence-electron chi connectivity index (χ1n) is 9.73. The van der Waals surface area contributed by atoms with Crippen LogP contribution in [0.4, 0.5) is 5.69 Å². The van der Waals surface area contributed by atoms with Crippen molar-refractivity contribution in [3.8, 4) is 5.75 Å². The van der Waals surface area contributed by atoms with Crippen LogP contribution in [0.1, 0.15) is 44.9 Å². The minimum atomic E-state index is 0. The van der Waals surface area contributed by atoms with Gasteiger partial charge in [0.05, 0.1) is 25.0 Å². The molecular weight excluding hydrogens is 467 g/mol. The fourth-order valence-corrected chi connectivity index (χ4v) is 3.36. The summed E-state index contributed by atoms with van der Waals surface area (Å²) in [5.41, 5.74) is 7.00. The van der Waals surface area contributed by atoms with Crippen LogP contribution in [0.25, 0.3) is 0 Å². The van der Waals surface area contributed by atoms with Crippen molar-refractivity contribution in [2.24, 2.45) is 10.7 Å². The third kappa shape index (κ3) is 6.70. The van der Waals surface area contributed by atoms with Gasteiger partial charge in [0.2, 0.25) is 0 Å². The summed E-state index contributed by atoms with van der Waals surface area (Å²) in [5, 5.41) is 3.15. The van der Waals surface area contributed by atoms with Gasteiger partial charge in [-0.3, -0.25) is 9.89 Å². The Morgan fingerprint density at radius 1 is 1.18 bits per heavy atom. The molecule has 0 amide bonds. The van der Waals surface area contributed by atoms with Crippen molar-refractivity contribution < 1.29 is 9.15 Å². The standard InChI is InChI=1S/C21H30N4O2.HI/c1-16(2)27-18-10-8-17(9-11-18)24-21(22)23-15-19(20-7-6-14-26-20)25-12-4-3-5-13-25;/h6-11,14,16,19H,3-5,12-13,15H2,1-2H3,(H3,22,23,24);1H. The molecule has 1 aromatic heterocycles. The highest BCUT2D eigenvalue weighted by Gasteiger charge is 2.24. The lowest BCUT2D eigenvalue weighted by molar-refractivity contribution is 0.150. The topological polar surface area (TPSA) is 76.0 Å². The Bertz CT molecular complexity index is 711. The van der Waals surface area contributed by atoms with Gasteiger partial charge in [-0.1, -0.05) is 6.42 Å². The number of halogens is 1. The van der Waals surface area contributed by atoms with E-state index in [1.165, 1.54) is 19.3 Å². The third-order valence-electron chi connectivity index (χ3n) is 4.64. The van der Waals surface area contributed by atoms with Crippen LogP contribution in [-0.4, -0.2) is 36.6 Å². The van der Waals surface area contributed by atoms with Gasteiger partial charge in [-0.15, -0.1) is 24.0 Å². The number of hydrogen-bond acceptors (Lipinski definition) is 4. The van der Waals surface area contributed by atoms with Crippen LogP contribution in [0.3, 0.4) is 0 Å². The molecule has 1 atom stereocenters. The summed E-state index contributed by atoms with van der Waals surface area (Å²) >= 11 is 0. The van der Waals surface area contributed by atoms with Crippen LogP contribution in [-0.2, 0) is 0 Å². The third-order valence-corrected chi connectivity index (χ3v) is 4.64. The highest BCUT2D eigenvalue weighted by molar-refractivity contribution is 14.0. The number of ether oxygens (including phenoxy) is 1. The normalized spacial score (nSPS) is 16.5. The summed E-state index contributed by atoms with van der Waals surface area (Å²) in [7, 11) is 0. The molecule has 0 spiro atoms. The first kappa shape index (κ1) is 22.5. The molecule has 2 aromatic rings. The number of hydrogen-bond donors (Lipinski definition) is 2. The molecule has 6 nitrogen and oxygen atoms in total. The number of nitrogens with one attached hydrogen (secondary N) is 1. The second-order valence-electron chi connectivity index (χ2n) is 7.17. The summed E-state index contributed by atoms with van der Waals surface area (Å²) in [5.74, 6) is 2.19. The van der Waals surface area contributed by atoms with E-state index in [1.54, 1.807) is 6.26 Å². The largest absolute Gasteiger partial charge is 0.491 e. The van der Waals surface area contributed by atoms with Crippen molar-refractivity contribution in [3.05, 3.63) is 48.4 Å². The van der Waals surface area contributed by atoms with Gasteiger partial charge in [-0.2, -0.15) is 0 Å². The predicted octanol–water partition coefficient (Wildman–Crippen LogP) is 4.64. The summed E-state index contributed by atoms with van der Waals surface area (Å²) in [6.45, 7) is 6.74. The van der Waals surface area contributed by atoms with E-state index in [4.69, 9.17) is 14.9 Å². The summed E-state index contributed by atoms with van der Waals surface area (Å²) < 4.78 is 11.3. The maximum Gasteiger partial charge on any atom is 0.193 e. The lowest BCUT2D eigenvalue weighted by Crippen LogP contribution is -2.36. The second-order valence-corrected chi connectivity index (χ2v) is 7.17. The minimum Gasteiger partial charge on any atom is -0.491 e. The number of nitrogens with zero attached hydrogens (tertiary/aromatic N) is 2. The van der Waals surface area contributed by atoms with E-state index >= 15 is 0 Å². The van der Waals surface area contributed by atoms with Gasteiger partial charge in [0, 0.05) is 5.69 Å². The number of benzene rings is 1. The van der Waals surface area contributed by atoms with Gasteiger partial charge in [0.25, 0.3) is 0 Å². The fourth-order valence-electron chi connectivity index (χ4n) is 3.36. The molecule has 0 saturated carbocycles. The van der Waals surface area contributed by atoms with Crippen LogP contribution in [0.15, 0.2) is 52.1 Å². The first-order chi connectivity index (χ1) is 13.1. The minimum absolute atomic E-state index is 0. The van der Waals surface area contributed by atoms with E-state index in [2.05, 4.69) is 15.2 Å². The second kappa shape index (κ2) is 11.3. The molecule has 154 valence electrons. The van der Waals surface area contributed by atoms with Crippen LogP contribution < -0.4 is 15.8 Å². The van der Waals surface area contributed by atoms with E-state index in [0.29, 0.717) is 12.5 Å². The van der Waals surface area contributed by atoms with Gasteiger partial charge in [0.1, 0.15) is 11.5 Å². The number of furan rings is 1. The average molecular weight is 498 g/mol. The van der Waals surface area contributed by atoms with Crippen LogP contribution in [0.2, 0.25) is 0 Å². The molecule has 1 saturated heterocycles. The lowest BCUT2D eigenvalue weighted by Gasteiger charge is -2.32. The van der Waals surface area contributed by atoms with Crippen molar-refractivity contribution >= 4 is 35.6 Å². The quantitative estimate of drug-likeness (QED) is 0.331. The van der Waals surface area contributed by atoms with Crippen LogP contribution >= 0.6 is 24.0 Å². The number of aliphatic imine (C=N–C) groups is 1.